The molecule has 5 heteroatoms. The van der Waals surface area contributed by atoms with Gasteiger partial charge in [0.2, 0.25) is 5.91 Å². The third kappa shape index (κ3) is 4.22. The first-order chi connectivity index (χ1) is 10.7. The minimum atomic E-state index is 0.299. The summed E-state index contributed by atoms with van der Waals surface area (Å²) in [5.41, 5.74) is 1.28. The van der Waals surface area contributed by atoms with E-state index in [4.69, 9.17) is 11.6 Å². The second-order valence-corrected chi connectivity index (χ2v) is 6.70. The number of hydrogen-bond acceptors (Lipinski definition) is 3. The van der Waals surface area contributed by atoms with Gasteiger partial charge < -0.3 is 4.90 Å². The van der Waals surface area contributed by atoms with Gasteiger partial charge in [0.1, 0.15) is 0 Å². The van der Waals surface area contributed by atoms with Gasteiger partial charge in [-0.1, -0.05) is 23.7 Å². The maximum atomic E-state index is 12.3. The van der Waals surface area contributed by atoms with Crippen LogP contribution in [-0.2, 0) is 11.3 Å². The fourth-order valence-electron chi connectivity index (χ4n) is 3.24. The predicted molar refractivity (Wildman–Crippen MR) is 89.0 cm³/mol. The molecular weight excluding hydrogens is 298 g/mol. The van der Waals surface area contributed by atoms with Crippen LogP contribution in [0.3, 0.4) is 0 Å². The normalized spacial score (nSPS) is 20.5. The Morgan fingerprint density at radius 2 is 1.55 bits per heavy atom. The molecule has 1 aromatic carbocycles. The third-order valence-electron chi connectivity index (χ3n) is 4.60. The van der Waals surface area contributed by atoms with E-state index in [1.807, 2.05) is 17.0 Å². The lowest BCUT2D eigenvalue weighted by molar-refractivity contribution is -0.134. The zero-order valence-corrected chi connectivity index (χ0v) is 13.8. The first-order valence-corrected chi connectivity index (χ1v) is 8.55. The highest BCUT2D eigenvalue weighted by Crippen LogP contribution is 2.13. The molecule has 2 heterocycles. The Hall–Kier alpha value is -1.10. The standard InChI is InChI=1S/C17H24ClN3O/c18-16-5-3-15(4-6-16)13-20-9-11-21(12-10-20)17(22)14-19-7-1-2-8-19/h3-6H,1-2,7-14H2. The summed E-state index contributed by atoms with van der Waals surface area (Å²) in [5.74, 6) is 0.299. The SMILES string of the molecule is O=C(CN1CCCC1)N1CCN(Cc2ccc(Cl)cc2)CC1. The lowest BCUT2D eigenvalue weighted by Gasteiger charge is -2.35. The van der Waals surface area contributed by atoms with Crippen LogP contribution in [0.15, 0.2) is 24.3 Å². The van der Waals surface area contributed by atoms with Crippen molar-refractivity contribution in [2.45, 2.75) is 19.4 Å². The molecule has 0 aromatic heterocycles. The summed E-state index contributed by atoms with van der Waals surface area (Å²) in [7, 11) is 0. The van der Waals surface area contributed by atoms with Crippen LogP contribution >= 0.6 is 11.6 Å². The second kappa shape index (κ2) is 7.44. The number of likely N-dealkylation sites (tertiary alicyclic amines) is 1. The van der Waals surface area contributed by atoms with Crippen molar-refractivity contribution in [3.63, 3.8) is 0 Å². The van der Waals surface area contributed by atoms with Gasteiger partial charge in [0.05, 0.1) is 6.54 Å². The number of nitrogens with zero attached hydrogens (tertiary/aromatic N) is 3. The predicted octanol–water partition coefficient (Wildman–Crippen LogP) is 2.08. The van der Waals surface area contributed by atoms with E-state index in [1.54, 1.807) is 0 Å². The van der Waals surface area contributed by atoms with E-state index in [1.165, 1.54) is 18.4 Å². The largest absolute Gasteiger partial charge is 0.339 e. The monoisotopic (exact) mass is 321 g/mol. The molecule has 2 fully saturated rings. The molecule has 0 N–H and O–H groups in total. The van der Waals surface area contributed by atoms with Crippen LogP contribution in [0.25, 0.3) is 0 Å². The molecule has 0 bridgehead atoms. The molecule has 0 radical (unpaired) electrons. The quantitative estimate of drug-likeness (QED) is 0.849. The van der Waals surface area contributed by atoms with Gasteiger partial charge in [-0.3, -0.25) is 14.6 Å². The minimum absolute atomic E-state index is 0.299. The topological polar surface area (TPSA) is 26.8 Å². The van der Waals surface area contributed by atoms with Crippen LogP contribution in [0.5, 0.6) is 0 Å². The molecule has 1 aromatic rings. The van der Waals surface area contributed by atoms with Crippen LogP contribution in [-0.4, -0.2) is 66.4 Å². The third-order valence-corrected chi connectivity index (χ3v) is 4.85. The molecule has 0 aliphatic carbocycles. The van der Waals surface area contributed by atoms with E-state index >= 15 is 0 Å². The van der Waals surface area contributed by atoms with Crippen molar-refractivity contribution in [2.75, 3.05) is 45.8 Å². The highest BCUT2D eigenvalue weighted by atomic mass is 35.5. The molecule has 0 saturated carbocycles. The van der Waals surface area contributed by atoms with E-state index in [9.17, 15) is 4.79 Å². The van der Waals surface area contributed by atoms with Gasteiger partial charge in [0, 0.05) is 37.7 Å². The number of benzene rings is 1. The molecule has 2 aliphatic heterocycles. The molecular formula is C17H24ClN3O. The van der Waals surface area contributed by atoms with Gasteiger partial charge in [0.15, 0.2) is 0 Å². The summed E-state index contributed by atoms with van der Waals surface area (Å²) in [4.78, 5) is 19.0. The van der Waals surface area contributed by atoms with Gasteiger partial charge in [-0.2, -0.15) is 0 Å². The Kier molecular flexibility index (Phi) is 5.34. The smallest absolute Gasteiger partial charge is 0.236 e. The van der Waals surface area contributed by atoms with E-state index in [0.29, 0.717) is 12.5 Å². The van der Waals surface area contributed by atoms with Crippen molar-refractivity contribution in [3.05, 3.63) is 34.9 Å². The zero-order chi connectivity index (χ0) is 15.4. The lowest BCUT2D eigenvalue weighted by atomic mass is 10.2. The lowest BCUT2D eigenvalue weighted by Crippen LogP contribution is -2.50. The van der Waals surface area contributed by atoms with Gasteiger partial charge >= 0.3 is 0 Å². The maximum absolute atomic E-state index is 12.3. The number of carbonyl (C=O) groups is 1. The van der Waals surface area contributed by atoms with E-state index in [-0.39, 0.29) is 0 Å². The van der Waals surface area contributed by atoms with Crippen molar-refractivity contribution in [1.82, 2.24) is 14.7 Å². The molecule has 22 heavy (non-hydrogen) atoms. The highest BCUT2D eigenvalue weighted by Gasteiger charge is 2.23. The molecule has 2 saturated heterocycles. The first kappa shape index (κ1) is 15.8. The molecule has 4 nitrogen and oxygen atoms in total. The van der Waals surface area contributed by atoms with Crippen molar-refractivity contribution in [3.8, 4) is 0 Å². The average Bonchev–Trinajstić information content (AvgIpc) is 3.03. The summed E-state index contributed by atoms with van der Waals surface area (Å²) in [5, 5.41) is 0.779. The number of amides is 1. The van der Waals surface area contributed by atoms with Crippen molar-refractivity contribution >= 4 is 17.5 Å². The Bertz CT molecular complexity index is 491. The fraction of sp³-hybridized carbons (Fsp3) is 0.588. The molecule has 3 rings (SSSR count). The van der Waals surface area contributed by atoms with Crippen molar-refractivity contribution < 1.29 is 4.79 Å². The Balaban J connectivity index is 1.43. The number of hydrogen-bond donors (Lipinski definition) is 0. The van der Waals surface area contributed by atoms with Crippen LogP contribution in [0.4, 0.5) is 0 Å². The number of carbonyl (C=O) groups excluding carboxylic acids is 1. The van der Waals surface area contributed by atoms with E-state index in [2.05, 4.69) is 21.9 Å². The Labute approximate surface area is 137 Å². The fourth-order valence-corrected chi connectivity index (χ4v) is 3.36. The van der Waals surface area contributed by atoms with E-state index in [0.717, 1.165) is 50.8 Å². The van der Waals surface area contributed by atoms with Crippen LogP contribution in [0.2, 0.25) is 5.02 Å². The molecule has 0 atom stereocenters. The molecule has 2 aliphatic rings. The second-order valence-electron chi connectivity index (χ2n) is 6.27. The summed E-state index contributed by atoms with van der Waals surface area (Å²) in [6, 6.07) is 8.03. The van der Waals surface area contributed by atoms with Crippen molar-refractivity contribution in [1.29, 1.82) is 0 Å². The minimum Gasteiger partial charge on any atom is -0.339 e. The zero-order valence-electron chi connectivity index (χ0n) is 13.0. The number of rotatable bonds is 4. The summed E-state index contributed by atoms with van der Waals surface area (Å²) >= 11 is 5.92. The van der Waals surface area contributed by atoms with Crippen LogP contribution in [0.1, 0.15) is 18.4 Å². The molecule has 1 amide bonds. The molecule has 0 unspecified atom stereocenters. The van der Waals surface area contributed by atoms with Gasteiger partial charge in [-0.25, -0.2) is 0 Å². The Morgan fingerprint density at radius 1 is 0.909 bits per heavy atom. The van der Waals surface area contributed by atoms with Crippen LogP contribution < -0.4 is 0 Å². The maximum Gasteiger partial charge on any atom is 0.236 e. The van der Waals surface area contributed by atoms with Gasteiger partial charge in [-0.15, -0.1) is 0 Å². The average molecular weight is 322 g/mol. The number of halogens is 1. The first-order valence-electron chi connectivity index (χ1n) is 8.18. The summed E-state index contributed by atoms with van der Waals surface area (Å²) in [6.45, 7) is 7.32. The van der Waals surface area contributed by atoms with Crippen LogP contribution in [0, 0.1) is 0 Å². The Morgan fingerprint density at radius 3 is 2.18 bits per heavy atom. The molecule has 0 spiro atoms. The number of piperazine rings is 1. The molecule has 120 valence electrons. The highest BCUT2D eigenvalue weighted by molar-refractivity contribution is 6.30. The summed E-state index contributed by atoms with van der Waals surface area (Å²) < 4.78 is 0. The van der Waals surface area contributed by atoms with Crippen molar-refractivity contribution in [2.24, 2.45) is 0 Å². The van der Waals surface area contributed by atoms with Gasteiger partial charge in [-0.05, 0) is 43.6 Å². The summed E-state index contributed by atoms with van der Waals surface area (Å²) in [6.07, 6.45) is 2.48. The van der Waals surface area contributed by atoms with Gasteiger partial charge in [0.25, 0.3) is 0 Å². The van der Waals surface area contributed by atoms with E-state index < -0.39 is 0 Å².